The van der Waals surface area contributed by atoms with Gasteiger partial charge in [-0.25, -0.2) is 0 Å². The van der Waals surface area contributed by atoms with Gasteiger partial charge in [-0.05, 0) is 59.7 Å². The highest BCUT2D eigenvalue weighted by atomic mass is 32.2. The van der Waals surface area contributed by atoms with Gasteiger partial charge in [-0.15, -0.1) is 5.10 Å². The van der Waals surface area contributed by atoms with Crippen LogP contribution in [0.25, 0.3) is 5.69 Å². The van der Waals surface area contributed by atoms with E-state index in [4.69, 9.17) is 4.74 Å². The smallest absolute Gasteiger partial charge is 0.242 e. The number of nitrogens with zero attached hydrogens (tertiary/aromatic N) is 4. The average Bonchev–Trinajstić information content (AvgIpc) is 3.31. The van der Waals surface area contributed by atoms with Gasteiger partial charge in [0.1, 0.15) is 16.7 Å². The number of amides is 1. The lowest BCUT2D eigenvalue weighted by molar-refractivity contribution is -0.115. The molecule has 4 rings (SSSR count). The van der Waals surface area contributed by atoms with Crippen molar-refractivity contribution in [2.45, 2.75) is 24.3 Å². The molecule has 0 aliphatic heterocycles. The summed E-state index contributed by atoms with van der Waals surface area (Å²) in [6.07, 6.45) is 0. The summed E-state index contributed by atoms with van der Waals surface area (Å²) in [7, 11) is 1.58. The average molecular weight is 474 g/mol. The van der Waals surface area contributed by atoms with Gasteiger partial charge in [0.15, 0.2) is 5.78 Å². The fourth-order valence-electron chi connectivity index (χ4n) is 3.40. The maximum Gasteiger partial charge on any atom is 0.242 e. The lowest BCUT2D eigenvalue weighted by Crippen LogP contribution is -2.20. The van der Waals surface area contributed by atoms with Crippen LogP contribution in [0.15, 0.2) is 78.0 Å². The molecular weight excluding hydrogens is 450 g/mol. The van der Waals surface area contributed by atoms with E-state index in [2.05, 4.69) is 20.8 Å². The topological polar surface area (TPSA) is 99.0 Å². The minimum atomic E-state index is -0.650. The zero-order valence-electron chi connectivity index (χ0n) is 18.9. The van der Waals surface area contributed by atoms with Crippen LogP contribution < -0.4 is 10.1 Å². The van der Waals surface area contributed by atoms with Crippen LogP contribution >= 0.6 is 11.8 Å². The maximum atomic E-state index is 13.4. The molecule has 1 N–H and O–H groups in total. The van der Waals surface area contributed by atoms with Crippen molar-refractivity contribution in [2.75, 3.05) is 12.4 Å². The van der Waals surface area contributed by atoms with Crippen LogP contribution in [0.1, 0.15) is 33.7 Å². The van der Waals surface area contributed by atoms with Crippen molar-refractivity contribution in [3.8, 4) is 11.4 Å². The molecule has 1 atom stereocenters. The van der Waals surface area contributed by atoms with Crippen molar-refractivity contribution < 1.29 is 14.3 Å². The van der Waals surface area contributed by atoms with Crippen molar-refractivity contribution >= 4 is 29.1 Å². The van der Waals surface area contributed by atoms with Crippen LogP contribution in [0.2, 0.25) is 0 Å². The summed E-state index contributed by atoms with van der Waals surface area (Å²) in [5, 5.41) is 14.9. The Kier molecular flexibility index (Phi) is 7.03. The second-order valence-corrected chi connectivity index (χ2v) is 8.66. The predicted octanol–water partition coefficient (Wildman–Crippen LogP) is 4.65. The molecule has 0 aliphatic carbocycles. The molecule has 3 aromatic carbocycles. The summed E-state index contributed by atoms with van der Waals surface area (Å²) in [4.78, 5) is 25.2. The molecule has 0 radical (unpaired) electrons. The molecule has 172 valence electrons. The molecule has 0 saturated carbocycles. The van der Waals surface area contributed by atoms with E-state index in [1.807, 2.05) is 55.5 Å². The Morgan fingerprint density at radius 2 is 1.82 bits per heavy atom. The highest BCUT2D eigenvalue weighted by Crippen LogP contribution is 2.37. The first-order valence-electron chi connectivity index (χ1n) is 10.5. The van der Waals surface area contributed by atoms with Gasteiger partial charge in [-0.1, -0.05) is 60.3 Å². The van der Waals surface area contributed by atoms with Crippen molar-refractivity contribution in [3.63, 3.8) is 0 Å². The number of methoxy groups -OCH3 is 1. The van der Waals surface area contributed by atoms with E-state index in [0.717, 1.165) is 11.1 Å². The number of tetrazole rings is 1. The van der Waals surface area contributed by atoms with Crippen molar-refractivity contribution in [3.05, 3.63) is 89.5 Å². The van der Waals surface area contributed by atoms with Crippen LogP contribution in [-0.2, 0) is 4.79 Å². The predicted molar refractivity (Wildman–Crippen MR) is 131 cm³/mol. The van der Waals surface area contributed by atoms with Gasteiger partial charge in [0.25, 0.3) is 0 Å². The van der Waals surface area contributed by atoms with Gasteiger partial charge in [0.2, 0.25) is 11.1 Å². The Morgan fingerprint density at radius 1 is 1.03 bits per heavy atom. The standard InChI is InChI=1S/C25H23N5O3S/c1-16-12-13-22(33-3)21(14-16)30-25(27-28-29-30)34-23(18-8-5-4-6-9-18)24(32)26-20-11-7-10-19(15-20)17(2)31/h4-15,23H,1-3H3,(H,26,32). The molecule has 0 bridgehead atoms. The normalized spacial score (nSPS) is 11.6. The molecular formula is C25H23N5O3S. The van der Waals surface area contributed by atoms with Crippen LogP contribution in [0.4, 0.5) is 5.69 Å². The largest absolute Gasteiger partial charge is 0.494 e. The molecule has 4 aromatic rings. The minimum Gasteiger partial charge on any atom is -0.494 e. The number of hydrogen-bond donors (Lipinski definition) is 1. The number of ketones is 1. The molecule has 1 aromatic heterocycles. The number of aryl methyl sites for hydroxylation is 1. The third kappa shape index (κ3) is 5.15. The van der Waals surface area contributed by atoms with Gasteiger partial charge in [0, 0.05) is 11.3 Å². The van der Waals surface area contributed by atoms with Crippen LogP contribution in [0.5, 0.6) is 5.75 Å². The molecule has 34 heavy (non-hydrogen) atoms. The third-order valence-corrected chi connectivity index (χ3v) is 6.29. The first-order chi connectivity index (χ1) is 16.5. The minimum absolute atomic E-state index is 0.0728. The SMILES string of the molecule is COc1ccc(C)cc1-n1nnnc1SC(C(=O)Nc1cccc(C(C)=O)c1)c1ccccc1. The Balaban J connectivity index is 1.68. The number of ether oxygens (including phenoxy) is 1. The zero-order chi connectivity index (χ0) is 24.1. The number of anilines is 1. The van der Waals surface area contributed by atoms with Gasteiger partial charge in [-0.3, -0.25) is 9.59 Å². The number of nitrogens with one attached hydrogen (secondary N) is 1. The van der Waals surface area contributed by atoms with Gasteiger partial charge in [0.05, 0.1) is 7.11 Å². The first kappa shape index (κ1) is 23.2. The lowest BCUT2D eigenvalue weighted by atomic mass is 10.1. The lowest BCUT2D eigenvalue weighted by Gasteiger charge is -2.17. The summed E-state index contributed by atoms with van der Waals surface area (Å²) >= 11 is 1.23. The van der Waals surface area contributed by atoms with Gasteiger partial charge < -0.3 is 10.1 Å². The number of carbonyl (C=O) groups excluding carboxylic acids is 2. The Bertz CT molecular complexity index is 1320. The summed E-state index contributed by atoms with van der Waals surface area (Å²) < 4.78 is 7.06. The highest BCUT2D eigenvalue weighted by Gasteiger charge is 2.26. The summed E-state index contributed by atoms with van der Waals surface area (Å²) in [5.41, 5.74) is 3.55. The van der Waals surface area contributed by atoms with E-state index in [-0.39, 0.29) is 11.7 Å². The Hall–Kier alpha value is -3.98. The second kappa shape index (κ2) is 10.3. The number of aromatic nitrogens is 4. The fraction of sp³-hybridized carbons (Fsp3) is 0.160. The first-order valence-corrected chi connectivity index (χ1v) is 11.4. The van der Waals surface area contributed by atoms with E-state index in [1.54, 1.807) is 36.1 Å². The highest BCUT2D eigenvalue weighted by molar-refractivity contribution is 8.00. The second-order valence-electron chi connectivity index (χ2n) is 7.58. The molecule has 0 fully saturated rings. The van der Waals surface area contributed by atoms with Crippen LogP contribution in [0.3, 0.4) is 0 Å². The number of Topliss-reactive ketones (excluding diaryl/α,β-unsaturated/α-hetero) is 1. The van der Waals surface area contributed by atoms with Crippen molar-refractivity contribution in [2.24, 2.45) is 0 Å². The van der Waals surface area contributed by atoms with Gasteiger partial charge in [-0.2, -0.15) is 4.68 Å². The molecule has 0 aliphatic rings. The molecule has 0 spiro atoms. The summed E-state index contributed by atoms with van der Waals surface area (Å²) in [6.45, 7) is 3.46. The Morgan fingerprint density at radius 3 is 2.56 bits per heavy atom. The number of benzene rings is 3. The number of hydrogen-bond acceptors (Lipinski definition) is 7. The quantitative estimate of drug-likeness (QED) is 0.294. The molecule has 1 heterocycles. The third-order valence-electron chi connectivity index (χ3n) is 5.10. The number of rotatable bonds is 8. The van der Waals surface area contributed by atoms with Gasteiger partial charge >= 0.3 is 0 Å². The zero-order valence-corrected chi connectivity index (χ0v) is 19.7. The van der Waals surface area contributed by atoms with E-state index in [0.29, 0.717) is 27.8 Å². The van der Waals surface area contributed by atoms with E-state index in [1.165, 1.54) is 18.7 Å². The van der Waals surface area contributed by atoms with E-state index >= 15 is 0 Å². The number of thioether (sulfide) groups is 1. The van der Waals surface area contributed by atoms with Crippen molar-refractivity contribution in [1.29, 1.82) is 0 Å². The monoisotopic (exact) mass is 473 g/mol. The molecule has 9 heteroatoms. The number of carbonyl (C=O) groups is 2. The Labute approximate surface area is 201 Å². The van der Waals surface area contributed by atoms with E-state index in [9.17, 15) is 9.59 Å². The van der Waals surface area contributed by atoms with E-state index < -0.39 is 5.25 Å². The summed E-state index contributed by atoms with van der Waals surface area (Å²) in [6, 6.07) is 22.0. The van der Waals surface area contributed by atoms with Crippen LogP contribution in [-0.4, -0.2) is 39.0 Å². The molecule has 1 unspecified atom stereocenters. The van der Waals surface area contributed by atoms with Crippen LogP contribution in [0, 0.1) is 6.92 Å². The summed E-state index contributed by atoms with van der Waals surface area (Å²) in [5.74, 6) is 0.278. The fourth-order valence-corrected chi connectivity index (χ4v) is 4.39. The molecule has 0 saturated heterocycles. The maximum absolute atomic E-state index is 13.4. The molecule has 1 amide bonds. The molecule has 8 nitrogen and oxygen atoms in total. The van der Waals surface area contributed by atoms with Crippen molar-refractivity contribution in [1.82, 2.24) is 20.2 Å².